The Balaban J connectivity index is 4.35. The Hall–Kier alpha value is -0.660. The van der Waals surface area contributed by atoms with Gasteiger partial charge in [-0.05, 0) is 12.8 Å². The number of quaternary nitrogens is 1. The molecule has 0 aromatic carbocycles. The number of phosphoric ester groups is 1. The first-order valence-electron chi connectivity index (χ1n) is 10.8. The third kappa shape index (κ3) is 17.9. The van der Waals surface area contributed by atoms with E-state index in [-0.39, 0.29) is 13.2 Å². The maximum atomic E-state index is 12.1. The molecule has 2 unspecified atom stereocenters. The van der Waals surface area contributed by atoms with Gasteiger partial charge in [0.25, 0.3) is 0 Å². The molecule has 0 saturated carbocycles. The molecule has 0 aromatic heterocycles. The molecule has 9 heteroatoms. The van der Waals surface area contributed by atoms with Crippen LogP contribution in [0.25, 0.3) is 0 Å². The predicted octanol–water partition coefficient (Wildman–Crippen LogP) is 4.42. The van der Waals surface area contributed by atoms with Crippen LogP contribution in [0.5, 0.6) is 0 Å². The SMILES string of the molecule is CCCCCCCCCCC(COP(=O)(O)OCC[N+](C)(C)C)OC(=O)N(C)C. The van der Waals surface area contributed by atoms with E-state index in [1.54, 1.807) is 14.1 Å². The first-order valence-corrected chi connectivity index (χ1v) is 12.3. The average Bonchev–Trinajstić information content (AvgIpc) is 2.60. The molecule has 0 saturated heterocycles. The van der Waals surface area contributed by atoms with E-state index >= 15 is 0 Å². The van der Waals surface area contributed by atoms with E-state index in [4.69, 9.17) is 13.8 Å². The summed E-state index contributed by atoms with van der Waals surface area (Å²) in [6.45, 7) is 2.73. The summed E-state index contributed by atoms with van der Waals surface area (Å²) >= 11 is 0. The standard InChI is InChI=1S/C20H43N2O6P/c1-7-8-9-10-11-12-13-14-15-19(28-20(23)21(2)3)18-27-29(24,25)26-17-16-22(4,5)6/h19H,7-18H2,1-6H3/p+1. The Kier molecular flexibility index (Phi) is 14.8. The zero-order valence-corrected chi connectivity index (χ0v) is 20.3. The van der Waals surface area contributed by atoms with Gasteiger partial charge in [0.2, 0.25) is 0 Å². The Morgan fingerprint density at radius 2 is 1.55 bits per heavy atom. The molecule has 8 nitrogen and oxygen atoms in total. The minimum atomic E-state index is -4.18. The summed E-state index contributed by atoms with van der Waals surface area (Å²) in [4.78, 5) is 23.1. The summed E-state index contributed by atoms with van der Waals surface area (Å²) in [6, 6.07) is 0. The van der Waals surface area contributed by atoms with E-state index in [0.29, 0.717) is 17.4 Å². The lowest BCUT2D eigenvalue weighted by atomic mass is 10.1. The van der Waals surface area contributed by atoms with E-state index in [0.717, 1.165) is 19.3 Å². The average molecular weight is 440 g/mol. The second-order valence-corrected chi connectivity index (χ2v) is 10.2. The smallest absolute Gasteiger partial charge is 0.444 e. The summed E-state index contributed by atoms with van der Waals surface area (Å²) in [6.07, 6.45) is 8.87. The van der Waals surface area contributed by atoms with Gasteiger partial charge in [0.05, 0.1) is 27.7 Å². The number of nitrogens with zero attached hydrogens (tertiary/aromatic N) is 2. The van der Waals surface area contributed by atoms with E-state index in [1.165, 1.54) is 37.0 Å². The highest BCUT2D eigenvalue weighted by atomic mass is 31.2. The zero-order chi connectivity index (χ0) is 22.3. The molecule has 1 N–H and O–H groups in total. The summed E-state index contributed by atoms with van der Waals surface area (Å²) in [5, 5.41) is 0. The molecule has 0 fully saturated rings. The topological polar surface area (TPSA) is 85.3 Å². The summed E-state index contributed by atoms with van der Waals surface area (Å²) in [5.41, 5.74) is 0. The molecule has 0 aromatic rings. The second-order valence-electron chi connectivity index (χ2n) is 8.78. The molecule has 0 aliphatic rings. The van der Waals surface area contributed by atoms with Gasteiger partial charge in [-0.25, -0.2) is 9.36 Å². The van der Waals surface area contributed by atoms with Crippen LogP contribution in [0.15, 0.2) is 0 Å². The van der Waals surface area contributed by atoms with Crippen LogP contribution in [-0.2, 0) is 18.3 Å². The van der Waals surface area contributed by atoms with E-state index in [9.17, 15) is 14.3 Å². The predicted molar refractivity (Wildman–Crippen MR) is 116 cm³/mol. The van der Waals surface area contributed by atoms with Gasteiger partial charge < -0.3 is 19.0 Å². The van der Waals surface area contributed by atoms with Gasteiger partial charge in [-0.1, -0.05) is 51.9 Å². The van der Waals surface area contributed by atoms with Gasteiger partial charge in [0.15, 0.2) is 0 Å². The third-order valence-corrected chi connectivity index (χ3v) is 5.44. The van der Waals surface area contributed by atoms with Crippen molar-refractivity contribution in [1.82, 2.24) is 4.90 Å². The van der Waals surface area contributed by atoms with Crippen LogP contribution in [0.2, 0.25) is 0 Å². The van der Waals surface area contributed by atoms with Gasteiger partial charge in [-0.15, -0.1) is 0 Å². The molecule has 1 amide bonds. The van der Waals surface area contributed by atoms with Crippen molar-refractivity contribution in [1.29, 1.82) is 0 Å². The van der Waals surface area contributed by atoms with Crippen molar-refractivity contribution >= 4 is 13.9 Å². The maximum absolute atomic E-state index is 12.1. The number of hydrogen-bond acceptors (Lipinski definition) is 5. The zero-order valence-electron chi connectivity index (χ0n) is 19.4. The van der Waals surface area contributed by atoms with Crippen molar-refractivity contribution in [3.63, 3.8) is 0 Å². The van der Waals surface area contributed by atoms with Crippen molar-refractivity contribution in [2.45, 2.75) is 70.8 Å². The van der Waals surface area contributed by atoms with E-state index < -0.39 is 20.0 Å². The van der Waals surface area contributed by atoms with Crippen molar-refractivity contribution in [3.05, 3.63) is 0 Å². The fraction of sp³-hybridized carbons (Fsp3) is 0.950. The largest absolute Gasteiger partial charge is 0.472 e. The summed E-state index contributed by atoms with van der Waals surface area (Å²) < 4.78 is 28.2. The minimum absolute atomic E-state index is 0.109. The molecule has 2 atom stereocenters. The maximum Gasteiger partial charge on any atom is 0.472 e. The number of rotatable bonds is 17. The minimum Gasteiger partial charge on any atom is -0.444 e. The van der Waals surface area contributed by atoms with Crippen LogP contribution < -0.4 is 0 Å². The number of amides is 1. The molecule has 0 rings (SSSR count). The van der Waals surface area contributed by atoms with Crippen molar-refractivity contribution in [3.8, 4) is 0 Å². The normalized spacial score (nSPS) is 15.0. The molecule has 0 bridgehead atoms. The number of carbonyl (C=O) groups excluding carboxylic acids is 1. The van der Waals surface area contributed by atoms with Crippen molar-refractivity contribution < 1.29 is 32.5 Å². The molecule has 0 aliphatic heterocycles. The number of likely N-dealkylation sites (N-methyl/N-ethyl adjacent to an activating group) is 1. The van der Waals surface area contributed by atoms with Gasteiger partial charge in [-0.3, -0.25) is 9.05 Å². The van der Waals surface area contributed by atoms with Crippen LogP contribution in [0.4, 0.5) is 4.79 Å². The lowest BCUT2D eigenvalue weighted by Crippen LogP contribution is -2.37. The number of hydrogen-bond donors (Lipinski definition) is 1. The molecule has 29 heavy (non-hydrogen) atoms. The molecular formula is C20H44N2O6P+. The van der Waals surface area contributed by atoms with Crippen LogP contribution in [0.1, 0.15) is 64.7 Å². The fourth-order valence-corrected chi connectivity index (χ4v) is 3.32. The van der Waals surface area contributed by atoms with Gasteiger partial charge >= 0.3 is 13.9 Å². The quantitative estimate of drug-likeness (QED) is 0.205. The van der Waals surface area contributed by atoms with Gasteiger partial charge in [-0.2, -0.15) is 0 Å². The number of phosphoric acid groups is 1. The van der Waals surface area contributed by atoms with Crippen LogP contribution in [-0.4, -0.2) is 81.5 Å². The molecule has 0 radical (unpaired) electrons. The molecule has 0 spiro atoms. The number of ether oxygens (including phenoxy) is 1. The van der Waals surface area contributed by atoms with Gasteiger partial charge in [0, 0.05) is 14.1 Å². The van der Waals surface area contributed by atoms with E-state index in [1.807, 2.05) is 21.1 Å². The molecule has 174 valence electrons. The van der Waals surface area contributed by atoms with E-state index in [2.05, 4.69) is 6.92 Å². The highest BCUT2D eigenvalue weighted by Gasteiger charge is 2.26. The third-order valence-electron chi connectivity index (χ3n) is 4.45. The van der Waals surface area contributed by atoms with Crippen LogP contribution >= 0.6 is 7.82 Å². The fourth-order valence-electron chi connectivity index (χ4n) is 2.57. The molecule has 0 aliphatic carbocycles. The van der Waals surface area contributed by atoms with Crippen LogP contribution in [0.3, 0.4) is 0 Å². The highest BCUT2D eigenvalue weighted by molar-refractivity contribution is 7.47. The lowest BCUT2D eigenvalue weighted by Gasteiger charge is -2.24. The van der Waals surface area contributed by atoms with Crippen molar-refractivity contribution in [2.24, 2.45) is 0 Å². The monoisotopic (exact) mass is 439 g/mol. The number of carbonyl (C=O) groups is 1. The number of unbranched alkanes of at least 4 members (excludes halogenated alkanes) is 7. The molecule has 0 heterocycles. The Labute approximate surface area is 177 Å². The Morgan fingerprint density at radius 1 is 1.00 bits per heavy atom. The summed E-state index contributed by atoms with van der Waals surface area (Å²) in [7, 11) is 4.92. The Bertz CT molecular complexity index is 482. The molecular weight excluding hydrogens is 395 g/mol. The first kappa shape index (κ1) is 28.3. The highest BCUT2D eigenvalue weighted by Crippen LogP contribution is 2.43. The lowest BCUT2D eigenvalue weighted by molar-refractivity contribution is -0.870. The second kappa shape index (κ2) is 15.2. The Morgan fingerprint density at radius 3 is 2.07 bits per heavy atom. The van der Waals surface area contributed by atoms with Gasteiger partial charge in [0.1, 0.15) is 19.3 Å². The van der Waals surface area contributed by atoms with Crippen LogP contribution in [0, 0.1) is 0 Å². The summed E-state index contributed by atoms with van der Waals surface area (Å²) in [5.74, 6) is 0. The van der Waals surface area contributed by atoms with Crippen molar-refractivity contribution in [2.75, 3.05) is 55.0 Å². The first-order chi connectivity index (χ1) is 13.5.